The molecular formula is C17H17ClN4O2. The molecule has 1 amide bonds. The maximum Gasteiger partial charge on any atom is 0.263 e. The number of anilines is 1. The van der Waals surface area contributed by atoms with Gasteiger partial charge in [0.1, 0.15) is 17.5 Å². The number of hydrogen-bond acceptors (Lipinski definition) is 3. The van der Waals surface area contributed by atoms with Crippen molar-refractivity contribution >= 4 is 34.2 Å². The van der Waals surface area contributed by atoms with E-state index in [9.17, 15) is 9.59 Å². The molecule has 0 aliphatic heterocycles. The molecule has 2 aromatic heterocycles. The summed E-state index contributed by atoms with van der Waals surface area (Å²) in [5.74, 6) is 0.184. The maximum absolute atomic E-state index is 12.7. The van der Waals surface area contributed by atoms with E-state index in [2.05, 4.69) is 15.3 Å². The zero-order valence-electron chi connectivity index (χ0n) is 13.6. The topological polar surface area (TPSA) is 79.8 Å². The lowest BCUT2D eigenvalue weighted by molar-refractivity contribution is -0.118. The first-order valence-electron chi connectivity index (χ1n) is 7.51. The molecule has 6 nitrogen and oxygen atoms in total. The molecule has 0 bridgehead atoms. The van der Waals surface area contributed by atoms with E-state index in [1.54, 1.807) is 44.2 Å². The molecular weight excluding hydrogens is 328 g/mol. The Kier molecular flexibility index (Phi) is 4.15. The van der Waals surface area contributed by atoms with Crippen molar-refractivity contribution in [3.63, 3.8) is 0 Å². The summed E-state index contributed by atoms with van der Waals surface area (Å²) in [6.45, 7) is 5.24. The number of aromatic amines is 1. The van der Waals surface area contributed by atoms with Crippen molar-refractivity contribution in [3.8, 4) is 0 Å². The first kappa shape index (κ1) is 16.3. The molecule has 1 unspecified atom stereocenters. The van der Waals surface area contributed by atoms with Gasteiger partial charge in [-0.05, 0) is 51.1 Å². The van der Waals surface area contributed by atoms with Crippen molar-refractivity contribution in [1.82, 2.24) is 14.5 Å². The van der Waals surface area contributed by atoms with Gasteiger partial charge in [0.15, 0.2) is 0 Å². The van der Waals surface area contributed by atoms with Crippen LogP contribution < -0.4 is 10.9 Å². The molecule has 0 spiro atoms. The molecule has 0 aliphatic rings. The number of nitrogens with zero attached hydrogens (tertiary/aromatic N) is 2. The Labute approximate surface area is 143 Å². The number of hydrogen-bond donors (Lipinski definition) is 2. The number of H-pyrrole nitrogens is 1. The van der Waals surface area contributed by atoms with Crippen LogP contribution in [0.15, 0.2) is 35.1 Å². The van der Waals surface area contributed by atoms with Gasteiger partial charge < -0.3 is 10.3 Å². The zero-order valence-corrected chi connectivity index (χ0v) is 14.3. The van der Waals surface area contributed by atoms with E-state index in [4.69, 9.17) is 11.6 Å². The minimum absolute atomic E-state index is 0.236. The predicted octanol–water partition coefficient (Wildman–Crippen LogP) is 3.19. The summed E-state index contributed by atoms with van der Waals surface area (Å²) in [4.78, 5) is 32.6. The van der Waals surface area contributed by atoms with Gasteiger partial charge in [-0.2, -0.15) is 0 Å². The normalized spacial score (nSPS) is 12.3. The molecule has 3 aromatic rings. The van der Waals surface area contributed by atoms with Gasteiger partial charge in [-0.1, -0.05) is 11.6 Å². The number of amides is 1. The average molecular weight is 345 g/mol. The standard InChI is InChI=1S/C17H17ClN4O2/c1-9-8-14-15(19-9)20-11(3)22(17(14)24)10(2)16(23)21-13-6-4-12(18)5-7-13/h4-8,10,19H,1-3H3,(H,21,23). The summed E-state index contributed by atoms with van der Waals surface area (Å²) in [5, 5.41) is 3.85. The number of nitrogens with one attached hydrogen (secondary N) is 2. The fourth-order valence-electron chi connectivity index (χ4n) is 2.67. The summed E-state index contributed by atoms with van der Waals surface area (Å²) < 4.78 is 1.40. The average Bonchev–Trinajstić information content (AvgIpc) is 2.90. The van der Waals surface area contributed by atoms with Crippen molar-refractivity contribution in [2.75, 3.05) is 5.32 Å². The summed E-state index contributed by atoms with van der Waals surface area (Å²) in [6.07, 6.45) is 0. The molecule has 1 aromatic carbocycles. The molecule has 124 valence electrons. The lowest BCUT2D eigenvalue weighted by atomic mass is 10.2. The Balaban J connectivity index is 1.95. The van der Waals surface area contributed by atoms with Gasteiger partial charge in [0.05, 0.1) is 5.39 Å². The second-order valence-corrected chi connectivity index (χ2v) is 6.16. The lowest BCUT2D eigenvalue weighted by Gasteiger charge is -2.17. The number of carbonyl (C=O) groups is 1. The molecule has 24 heavy (non-hydrogen) atoms. The Morgan fingerprint density at radius 1 is 1.29 bits per heavy atom. The van der Waals surface area contributed by atoms with Crippen molar-refractivity contribution in [2.45, 2.75) is 26.8 Å². The largest absolute Gasteiger partial charge is 0.343 e. The number of rotatable bonds is 3. The number of benzene rings is 1. The second-order valence-electron chi connectivity index (χ2n) is 5.72. The van der Waals surface area contributed by atoms with Gasteiger partial charge in [-0.3, -0.25) is 14.2 Å². The first-order valence-corrected chi connectivity index (χ1v) is 7.89. The SMILES string of the molecule is Cc1cc2c(=O)n(C(C)C(=O)Nc3ccc(Cl)cc3)c(C)nc2[nH]1. The highest BCUT2D eigenvalue weighted by Crippen LogP contribution is 2.17. The van der Waals surface area contributed by atoms with Gasteiger partial charge in [0.25, 0.3) is 5.56 Å². The van der Waals surface area contributed by atoms with Crippen LogP contribution in [0.5, 0.6) is 0 Å². The van der Waals surface area contributed by atoms with Crippen LogP contribution in [0.3, 0.4) is 0 Å². The van der Waals surface area contributed by atoms with Gasteiger partial charge in [-0.15, -0.1) is 0 Å². The van der Waals surface area contributed by atoms with Crippen LogP contribution >= 0.6 is 11.6 Å². The number of aromatic nitrogens is 3. The van der Waals surface area contributed by atoms with Crippen LogP contribution in [0.1, 0.15) is 24.5 Å². The zero-order chi connectivity index (χ0) is 17.4. The third-order valence-corrected chi connectivity index (χ3v) is 4.13. The van der Waals surface area contributed by atoms with E-state index in [1.807, 2.05) is 6.92 Å². The van der Waals surface area contributed by atoms with E-state index in [0.717, 1.165) is 5.69 Å². The molecule has 7 heteroatoms. The van der Waals surface area contributed by atoms with E-state index in [0.29, 0.717) is 27.6 Å². The second kappa shape index (κ2) is 6.13. The molecule has 3 rings (SSSR count). The van der Waals surface area contributed by atoms with Crippen molar-refractivity contribution in [3.05, 3.63) is 57.2 Å². The summed E-state index contributed by atoms with van der Waals surface area (Å²) >= 11 is 5.84. The number of aryl methyl sites for hydroxylation is 2. The fourth-order valence-corrected chi connectivity index (χ4v) is 2.80. The van der Waals surface area contributed by atoms with Crippen molar-refractivity contribution < 1.29 is 4.79 Å². The van der Waals surface area contributed by atoms with E-state index >= 15 is 0 Å². The fraction of sp³-hybridized carbons (Fsp3) is 0.235. The van der Waals surface area contributed by atoms with E-state index < -0.39 is 6.04 Å². The van der Waals surface area contributed by atoms with Crippen LogP contribution in [-0.4, -0.2) is 20.4 Å². The molecule has 0 radical (unpaired) electrons. The minimum Gasteiger partial charge on any atom is -0.343 e. The van der Waals surface area contributed by atoms with Gasteiger partial charge in [-0.25, -0.2) is 4.98 Å². The van der Waals surface area contributed by atoms with Crippen LogP contribution in [0.25, 0.3) is 11.0 Å². The molecule has 1 atom stereocenters. The molecule has 0 saturated carbocycles. The van der Waals surface area contributed by atoms with Crippen LogP contribution in [0.2, 0.25) is 5.02 Å². The van der Waals surface area contributed by atoms with Gasteiger partial charge in [0.2, 0.25) is 5.91 Å². The highest BCUT2D eigenvalue weighted by atomic mass is 35.5. The first-order chi connectivity index (χ1) is 11.4. The molecule has 2 N–H and O–H groups in total. The van der Waals surface area contributed by atoms with Gasteiger partial charge >= 0.3 is 0 Å². The van der Waals surface area contributed by atoms with E-state index in [1.165, 1.54) is 4.57 Å². The maximum atomic E-state index is 12.7. The Morgan fingerprint density at radius 2 is 1.96 bits per heavy atom. The number of carbonyl (C=O) groups excluding carboxylic acids is 1. The Bertz CT molecular complexity index is 973. The van der Waals surface area contributed by atoms with Crippen molar-refractivity contribution in [2.24, 2.45) is 0 Å². The van der Waals surface area contributed by atoms with Crippen LogP contribution in [0.4, 0.5) is 5.69 Å². The van der Waals surface area contributed by atoms with Crippen molar-refractivity contribution in [1.29, 1.82) is 0 Å². The van der Waals surface area contributed by atoms with Gasteiger partial charge in [0, 0.05) is 16.4 Å². The van der Waals surface area contributed by atoms with Crippen LogP contribution in [0, 0.1) is 13.8 Å². The lowest BCUT2D eigenvalue weighted by Crippen LogP contribution is -2.33. The Morgan fingerprint density at radius 3 is 2.62 bits per heavy atom. The summed E-state index contributed by atoms with van der Waals surface area (Å²) in [6, 6.07) is 7.84. The third kappa shape index (κ3) is 2.92. The third-order valence-electron chi connectivity index (χ3n) is 3.88. The number of fused-ring (bicyclic) bond motifs is 1. The smallest absolute Gasteiger partial charge is 0.263 e. The molecule has 2 heterocycles. The molecule has 0 fully saturated rings. The number of halogens is 1. The molecule has 0 aliphatic carbocycles. The highest BCUT2D eigenvalue weighted by molar-refractivity contribution is 6.30. The highest BCUT2D eigenvalue weighted by Gasteiger charge is 2.21. The Hall–Kier alpha value is -2.60. The minimum atomic E-state index is -0.694. The monoisotopic (exact) mass is 344 g/mol. The summed E-state index contributed by atoms with van der Waals surface area (Å²) in [7, 11) is 0. The van der Waals surface area contributed by atoms with E-state index in [-0.39, 0.29) is 11.5 Å². The van der Waals surface area contributed by atoms with Crippen LogP contribution in [-0.2, 0) is 4.79 Å². The summed E-state index contributed by atoms with van der Waals surface area (Å²) in [5.41, 5.74) is 1.77. The predicted molar refractivity (Wildman–Crippen MR) is 94.6 cm³/mol. The quantitative estimate of drug-likeness (QED) is 0.765. The molecule has 0 saturated heterocycles.